The molecule has 1 aromatic carbocycles. The summed E-state index contributed by atoms with van der Waals surface area (Å²) in [7, 11) is 0. The molecule has 0 N–H and O–H groups in total. The van der Waals surface area contributed by atoms with Crippen LogP contribution in [0.4, 0.5) is 8.78 Å². The topological polar surface area (TPSA) is 9.23 Å². The summed E-state index contributed by atoms with van der Waals surface area (Å²) in [5.74, 6) is 0.502. The third kappa shape index (κ3) is 3.78. The number of halogens is 3. The summed E-state index contributed by atoms with van der Waals surface area (Å²) in [5, 5.41) is 0. The highest BCUT2D eigenvalue weighted by Crippen LogP contribution is 2.30. The van der Waals surface area contributed by atoms with E-state index in [4.69, 9.17) is 4.74 Å². The summed E-state index contributed by atoms with van der Waals surface area (Å²) in [5.41, 5.74) is -0.0241. The zero-order valence-corrected chi connectivity index (χ0v) is 10.1. The summed E-state index contributed by atoms with van der Waals surface area (Å²) in [6.07, 6.45) is -0.521. The highest BCUT2D eigenvalue weighted by molar-refractivity contribution is 9.10. The maximum absolute atomic E-state index is 12.5. The zero-order valence-electron chi connectivity index (χ0n) is 8.47. The van der Waals surface area contributed by atoms with Gasteiger partial charge in [-0.1, -0.05) is 29.3 Å². The molecule has 15 heavy (non-hydrogen) atoms. The molecule has 0 bridgehead atoms. The Hall–Kier alpha value is -0.640. The van der Waals surface area contributed by atoms with Crippen molar-refractivity contribution in [2.24, 2.45) is 0 Å². The van der Waals surface area contributed by atoms with Gasteiger partial charge in [0.15, 0.2) is 0 Å². The Kier molecular flexibility index (Phi) is 5.02. The summed E-state index contributed by atoms with van der Waals surface area (Å²) >= 11 is 3.08. The lowest BCUT2D eigenvalue weighted by Gasteiger charge is -2.08. The van der Waals surface area contributed by atoms with Crippen molar-refractivity contribution in [2.45, 2.75) is 26.2 Å². The fourth-order valence-electron chi connectivity index (χ4n) is 1.11. The van der Waals surface area contributed by atoms with E-state index in [0.29, 0.717) is 16.8 Å². The number of rotatable bonds is 5. The molecule has 0 radical (unpaired) electrons. The van der Waals surface area contributed by atoms with E-state index in [0.717, 1.165) is 12.8 Å². The van der Waals surface area contributed by atoms with Crippen molar-refractivity contribution in [1.29, 1.82) is 0 Å². The minimum absolute atomic E-state index is 0.0241. The highest BCUT2D eigenvalue weighted by Gasteiger charge is 2.12. The van der Waals surface area contributed by atoms with Crippen LogP contribution in [0.15, 0.2) is 22.7 Å². The largest absolute Gasteiger partial charge is 0.494 e. The maximum Gasteiger partial charge on any atom is 0.265 e. The molecule has 0 aromatic heterocycles. The van der Waals surface area contributed by atoms with Crippen molar-refractivity contribution in [3.63, 3.8) is 0 Å². The Labute approximate surface area is 96.6 Å². The first-order chi connectivity index (χ1) is 7.15. The van der Waals surface area contributed by atoms with Crippen molar-refractivity contribution in [2.75, 3.05) is 6.61 Å². The quantitative estimate of drug-likeness (QED) is 0.717. The summed E-state index contributed by atoms with van der Waals surface area (Å²) < 4.78 is 30.8. The minimum atomic E-state index is -2.48. The molecule has 0 spiro atoms. The molecule has 0 heterocycles. The van der Waals surface area contributed by atoms with E-state index < -0.39 is 6.43 Å². The van der Waals surface area contributed by atoms with Crippen molar-refractivity contribution in [3.8, 4) is 5.75 Å². The van der Waals surface area contributed by atoms with Gasteiger partial charge in [-0.3, -0.25) is 0 Å². The van der Waals surface area contributed by atoms with Gasteiger partial charge in [0.1, 0.15) is 5.75 Å². The van der Waals surface area contributed by atoms with E-state index in [1.165, 1.54) is 6.07 Å². The van der Waals surface area contributed by atoms with Crippen molar-refractivity contribution >= 4 is 15.9 Å². The Morgan fingerprint density at radius 2 is 2.13 bits per heavy atom. The van der Waals surface area contributed by atoms with Crippen molar-refractivity contribution in [3.05, 3.63) is 28.2 Å². The first kappa shape index (κ1) is 12.4. The molecule has 0 atom stereocenters. The standard InChI is InChI=1S/C11H13BrF2O/c1-2-3-6-15-8-4-5-10(12)9(7-8)11(13)14/h4-5,7,11H,2-3,6H2,1H3. The van der Waals surface area contributed by atoms with Gasteiger partial charge in [-0.25, -0.2) is 8.78 Å². The van der Waals surface area contributed by atoms with Gasteiger partial charge in [-0.15, -0.1) is 0 Å². The molecular formula is C11H13BrF2O. The average Bonchev–Trinajstić information content (AvgIpc) is 2.20. The van der Waals surface area contributed by atoms with Crippen LogP contribution < -0.4 is 4.74 Å². The first-order valence-electron chi connectivity index (χ1n) is 4.85. The zero-order chi connectivity index (χ0) is 11.3. The molecule has 1 rings (SSSR count). The van der Waals surface area contributed by atoms with Crippen LogP contribution in [0.25, 0.3) is 0 Å². The van der Waals surface area contributed by atoms with Crippen LogP contribution in [-0.4, -0.2) is 6.61 Å². The molecule has 0 amide bonds. The number of hydrogen-bond acceptors (Lipinski definition) is 1. The highest BCUT2D eigenvalue weighted by atomic mass is 79.9. The van der Waals surface area contributed by atoms with Gasteiger partial charge in [0.2, 0.25) is 0 Å². The summed E-state index contributed by atoms with van der Waals surface area (Å²) in [6.45, 7) is 2.62. The van der Waals surface area contributed by atoms with Gasteiger partial charge in [0.25, 0.3) is 6.43 Å². The number of benzene rings is 1. The van der Waals surface area contributed by atoms with Crippen molar-refractivity contribution in [1.82, 2.24) is 0 Å². The normalized spacial score (nSPS) is 10.7. The fraction of sp³-hybridized carbons (Fsp3) is 0.455. The van der Waals surface area contributed by atoms with E-state index >= 15 is 0 Å². The molecule has 0 aliphatic heterocycles. The number of alkyl halides is 2. The molecule has 0 aliphatic rings. The van der Waals surface area contributed by atoms with E-state index in [2.05, 4.69) is 22.9 Å². The van der Waals surface area contributed by atoms with Crippen LogP contribution in [0.2, 0.25) is 0 Å². The molecule has 0 fully saturated rings. The van der Waals surface area contributed by atoms with Crippen LogP contribution in [0, 0.1) is 0 Å². The number of hydrogen-bond donors (Lipinski definition) is 0. The number of unbranched alkanes of at least 4 members (excludes halogenated alkanes) is 1. The second-order valence-corrected chi connectivity index (χ2v) is 4.04. The Balaban J connectivity index is 2.70. The molecule has 84 valence electrons. The summed E-state index contributed by atoms with van der Waals surface area (Å²) in [4.78, 5) is 0. The number of ether oxygens (including phenoxy) is 1. The SMILES string of the molecule is CCCCOc1ccc(Br)c(C(F)F)c1. The molecule has 4 heteroatoms. The second kappa shape index (κ2) is 6.05. The monoisotopic (exact) mass is 278 g/mol. The van der Waals surface area contributed by atoms with Crippen LogP contribution in [-0.2, 0) is 0 Å². The van der Waals surface area contributed by atoms with Crippen LogP contribution in [0.1, 0.15) is 31.8 Å². The Morgan fingerprint density at radius 3 is 2.73 bits per heavy atom. The second-order valence-electron chi connectivity index (χ2n) is 3.19. The molecule has 0 aliphatic carbocycles. The lowest BCUT2D eigenvalue weighted by Crippen LogP contribution is -1.97. The smallest absolute Gasteiger partial charge is 0.265 e. The molecular weight excluding hydrogens is 266 g/mol. The van der Waals surface area contributed by atoms with Gasteiger partial charge in [0.05, 0.1) is 6.61 Å². The predicted octanol–water partition coefficient (Wildman–Crippen LogP) is 4.57. The van der Waals surface area contributed by atoms with Gasteiger partial charge in [-0.05, 0) is 24.6 Å². The van der Waals surface area contributed by atoms with Crippen LogP contribution >= 0.6 is 15.9 Å². The van der Waals surface area contributed by atoms with Gasteiger partial charge in [-0.2, -0.15) is 0 Å². The average molecular weight is 279 g/mol. The predicted molar refractivity (Wildman–Crippen MR) is 59.5 cm³/mol. The van der Waals surface area contributed by atoms with E-state index in [1.54, 1.807) is 12.1 Å². The van der Waals surface area contributed by atoms with Gasteiger partial charge < -0.3 is 4.74 Å². The maximum atomic E-state index is 12.5. The summed E-state index contributed by atoms with van der Waals surface area (Å²) in [6, 6.07) is 4.65. The lowest BCUT2D eigenvalue weighted by molar-refractivity contribution is 0.150. The molecule has 1 aromatic rings. The molecule has 0 saturated heterocycles. The van der Waals surface area contributed by atoms with Gasteiger partial charge >= 0.3 is 0 Å². The van der Waals surface area contributed by atoms with Gasteiger partial charge in [0, 0.05) is 10.0 Å². The fourth-order valence-corrected chi connectivity index (χ4v) is 1.53. The van der Waals surface area contributed by atoms with Crippen LogP contribution in [0.5, 0.6) is 5.75 Å². The van der Waals surface area contributed by atoms with E-state index in [-0.39, 0.29) is 5.56 Å². The lowest BCUT2D eigenvalue weighted by atomic mass is 10.2. The third-order valence-corrected chi connectivity index (χ3v) is 2.69. The third-order valence-electron chi connectivity index (χ3n) is 1.97. The van der Waals surface area contributed by atoms with Crippen molar-refractivity contribution < 1.29 is 13.5 Å². The van der Waals surface area contributed by atoms with E-state index in [9.17, 15) is 8.78 Å². The Bertz CT molecular complexity index is 315. The Morgan fingerprint density at radius 1 is 1.40 bits per heavy atom. The van der Waals surface area contributed by atoms with Crippen LogP contribution in [0.3, 0.4) is 0 Å². The first-order valence-corrected chi connectivity index (χ1v) is 5.65. The van der Waals surface area contributed by atoms with E-state index in [1.807, 2.05) is 0 Å². The minimum Gasteiger partial charge on any atom is -0.494 e. The molecule has 0 saturated carbocycles. The molecule has 1 nitrogen and oxygen atoms in total. The molecule has 0 unspecified atom stereocenters.